The molecule has 180 valence electrons. The second-order valence-corrected chi connectivity index (χ2v) is 15.2. The van der Waals surface area contributed by atoms with Gasteiger partial charge in [-0.05, 0) is 96.2 Å². The normalized spacial score (nSPS) is 57.1. The number of hydrogen-bond acceptors (Lipinski definition) is 2. The number of rotatable bonds is 0. The van der Waals surface area contributed by atoms with Gasteiger partial charge in [0.05, 0.1) is 0 Å². The number of fused-ring (bicyclic) bond motifs is 7. The SMILES string of the molecule is C[C@H]1C(=O)CC[C@@H]2[C@]1(C)CC[C@H]1[C@@]2(C)CC[C@@]2(C)[C@@H]3CC(C)(C)CC[C@]3(C)C(=O)C[C@]12C. The summed E-state index contributed by atoms with van der Waals surface area (Å²) in [5, 5.41) is 0. The molecule has 0 aliphatic heterocycles. The Labute approximate surface area is 197 Å². The molecule has 0 saturated heterocycles. The maximum atomic E-state index is 13.9. The van der Waals surface area contributed by atoms with Crippen LogP contribution in [0.3, 0.4) is 0 Å². The summed E-state index contributed by atoms with van der Waals surface area (Å²) in [5.74, 6) is 2.98. The van der Waals surface area contributed by atoms with Crippen LogP contribution in [0.4, 0.5) is 0 Å². The van der Waals surface area contributed by atoms with E-state index >= 15 is 0 Å². The first-order valence-corrected chi connectivity index (χ1v) is 13.7. The zero-order chi connectivity index (χ0) is 23.5. The lowest BCUT2D eigenvalue weighted by molar-refractivity contribution is -0.247. The van der Waals surface area contributed by atoms with Crippen molar-refractivity contribution in [3.8, 4) is 0 Å². The number of ketones is 2. The average Bonchev–Trinajstić information content (AvgIpc) is 2.70. The second kappa shape index (κ2) is 6.51. The Balaban J connectivity index is 1.58. The third kappa shape index (κ3) is 2.59. The van der Waals surface area contributed by atoms with Gasteiger partial charge < -0.3 is 0 Å². The predicted molar refractivity (Wildman–Crippen MR) is 130 cm³/mol. The molecule has 32 heavy (non-hydrogen) atoms. The highest BCUT2D eigenvalue weighted by Crippen LogP contribution is 2.77. The minimum absolute atomic E-state index is 0.0840. The van der Waals surface area contributed by atoms with Gasteiger partial charge in [-0.15, -0.1) is 0 Å². The summed E-state index contributed by atoms with van der Waals surface area (Å²) in [5.41, 5.74) is 0.949. The van der Waals surface area contributed by atoms with Gasteiger partial charge in [0.25, 0.3) is 0 Å². The minimum atomic E-state index is -0.119. The largest absolute Gasteiger partial charge is 0.299 e. The first kappa shape index (κ1) is 23.1. The number of carbonyl (C=O) groups excluding carboxylic acids is 2. The summed E-state index contributed by atoms with van der Waals surface area (Å²) in [4.78, 5) is 26.7. The van der Waals surface area contributed by atoms with E-state index in [1.165, 1.54) is 32.1 Å². The van der Waals surface area contributed by atoms with Crippen LogP contribution in [0.15, 0.2) is 0 Å². The van der Waals surface area contributed by atoms with Crippen LogP contribution in [-0.4, -0.2) is 11.6 Å². The van der Waals surface area contributed by atoms with E-state index in [1.54, 1.807) is 0 Å². The van der Waals surface area contributed by atoms with Crippen LogP contribution in [-0.2, 0) is 9.59 Å². The average molecular weight is 441 g/mol. The Bertz CT molecular complexity index is 857. The van der Waals surface area contributed by atoms with Crippen molar-refractivity contribution in [2.75, 3.05) is 0 Å². The van der Waals surface area contributed by atoms with E-state index in [1.807, 2.05) is 0 Å². The highest BCUT2D eigenvalue weighted by molar-refractivity contribution is 5.87. The number of carbonyl (C=O) groups is 2. The van der Waals surface area contributed by atoms with Crippen molar-refractivity contribution in [2.24, 2.45) is 56.2 Å². The smallest absolute Gasteiger partial charge is 0.139 e. The Morgan fingerprint density at radius 1 is 0.688 bits per heavy atom. The maximum absolute atomic E-state index is 13.9. The quantitative estimate of drug-likeness (QED) is 0.388. The molecule has 0 aromatic heterocycles. The molecule has 2 heteroatoms. The third-order valence-electron chi connectivity index (χ3n) is 13.5. The van der Waals surface area contributed by atoms with Crippen LogP contribution >= 0.6 is 0 Å². The van der Waals surface area contributed by atoms with Crippen LogP contribution < -0.4 is 0 Å². The van der Waals surface area contributed by atoms with Crippen LogP contribution in [0, 0.1) is 56.2 Å². The van der Waals surface area contributed by atoms with Crippen molar-refractivity contribution >= 4 is 11.6 Å². The molecule has 0 aromatic carbocycles. The molecule has 5 aliphatic carbocycles. The Kier molecular flexibility index (Phi) is 4.70. The molecule has 0 unspecified atom stereocenters. The van der Waals surface area contributed by atoms with Gasteiger partial charge in [-0.1, -0.05) is 55.4 Å². The molecule has 2 nitrogen and oxygen atoms in total. The summed E-state index contributed by atoms with van der Waals surface area (Å²) < 4.78 is 0. The van der Waals surface area contributed by atoms with Gasteiger partial charge in [0, 0.05) is 24.2 Å². The van der Waals surface area contributed by atoms with Gasteiger partial charge in [-0.2, -0.15) is 0 Å². The summed E-state index contributed by atoms with van der Waals surface area (Å²) in [6.07, 6.45) is 11.0. The molecule has 0 aromatic rings. The first-order chi connectivity index (χ1) is 14.6. The maximum Gasteiger partial charge on any atom is 0.139 e. The van der Waals surface area contributed by atoms with E-state index in [4.69, 9.17) is 0 Å². The first-order valence-electron chi connectivity index (χ1n) is 13.7. The van der Waals surface area contributed by atoms with Gasteiger partial charge in [0.15, 0.2) is 0 Å². The standard InChI is InChI=1S/C30H48O2/c1-19-20(31)9-10-21-26(19,4)12-11-22-27(21,5)15-16-29(7)23-17-25(2,3)13-14-28(23,6)24(32)18-30(22,29)8/h19,21-23H,9-18H2,1-8H3/t19-,21+,22-,23+,26+,27-,28-,29-,30+/m0/s1. The summed E-state index contributed by atoms with van der Waals surface area (Å²) in [7, 11) is 0. The van der Waals surface area contributed by atoms with Gasteiger partial charge >= 0.3 is 0 Å². The molecule has 5 rings (SSSR count). The number of hydrogen-bond donors (Lipinski definition) is 0. The summed E-state index contributed by atoms with van der Waals surface area (Å²) in [6.45, 7) is 19.6. The predicted octanol–water partition coefficient (Wildman–Crippen LogP) is 7.64. The fourth-order valence-electron chi connectivity index (χ4n) is 11.0. The van der Waals surface area contributed by atoms with Crippen molar-refractivity contribution in [2.45, 2.75) is 120 Å². The van der Waals surface area contributed by atoms with E-state index in [-0.39, 0.29) is 33.0 Å². The molecule has 5 aliphatic rings. The molecule has 0 heterocycles. The molecular weight excluding hydrogens is 392 g/mol. The number of Topliss-reactive ketones (excluding diaryl/α,β-unsaturated/α-hetero) is 2. The lowest BCUT2D eigenvalue weighted by Crippen LogP contribution is -2.69. The van der Waals surface area contributed by atoms with Crippen LogP contribution in [0.2, 0.25) is 0 Å². The van der Waals surface area contributed by atoms with E-state index < -0.39 is 0 Å². The van der Waals surface area contributed by atoms with E-state index in [0.29, 0.717) is 34.7 Å². The highest BCUT2D eigenvalue weighted by atomic mass is 16.1. The molecule has 0 amide bonds. The summed E-state index contributed by atoms with van der Waals surface area (Å²) >= 11 is 0. The van der Waals surface area contributed by atoms with E-state index in [2.05, 4.69) is 55.4 Å². The molecule has 0 spiro atoms. The topological polar surface area (TPSA) is 34.1 Å². The van der Waals surface area contributed by atoms with Gasteiger partial charge in [0.2, 0.25) is 0 Å². The Morgan fingerprint density at radius 2 is 1.38 bits per heavy atom. The van der Waals surface area contributed by atoms with E-state index in [0.717, 1.165) is 32.1 Å². The fraction of sp³-hybridized carbons (Fsp3) is 0.933. The fourth-order valence-corrected chi connectivity index (χ4v) is 11.0. The van der Waals surface area contributed by atoms with Crippen LogP contribution in [0.5, 0.6) is 0 Å². The van der Waals surface area contributed by atoms with Gasteiger partial charge in [-0.25, -0.2) is 0 Å². The monoisotopic (exact) mass is 440 g/mol. The second-order valence-electron chi connectivity index (χ2n) is 15.2. The van der Waals surface area contributed by atoms with Crippen molar-refractivity contribution in [1.29, 1.82) is 0 Å². The van der Waals surface area contributed by atoms with Crippen molar-refractivity contribution < 1.29 is 9.59 Å². The molecule has 5 fully saturated rings. The lowest BCUT2D eigenvalue weighted by Gasteiger charge is -2.74. The van der Waals surface area contributed by atoms with Crippen molar-refractivity contribution in [3.05, 3.63) is 0 Å². The minimum Gasteiger partial charge on any atom is -0.299 e. The van der Waals surface area contributed by atoms with Crippen LogP contribution in [0.1, 0.15) is 120 Å². The van der Waals surface area contributed by atoms with Crippen molar-refractivity contribution in [3.63, 3.8) is 0 Å². The van der Waals surface area contributed by atoms with Gasteiger partial charge in [-0.3, -0.25) is 9.59 Å². The molecule has 0 radical (unpaired) electrons. The van der Waals surface area contributed by atoms with Crippen molar-refractivity contribution in [1.82, 2.24) is 0 Å². The molecule has 0 N–H and O–H groups in total. The summed E-state index contributed by atoms with van der Waals surface area (Å²) in [6, 6.07) is 0. The molecular formula is C30H48O2. The van der Waals surface area contributed by atoms with E-state index in [9.17, 15) is 9.59 Å². The van der Waals surface area contributed by atoms with Gasteiger partial charge in [0.1, 0.15) is 11.6 Å². The molecule has 9 atom stereocenters. The molecule has 5 saturated carbocycles. The Hall–Kier alpha value is -0.660. The third-order valence-corrected chi connectivity index (χ3v) is 13.5. The zero-order valence-corrected chi connectivity index (χ0v) is 22.2. The lowest BCUT2D eigenvalue weighted by atomic mass is 9.30. The highest BCUT2D eigenvalue weighted by Gasteiger charge is 2.72. The Morgan fingerprint density at radius 3 is 2.06 bits per heavy atom. The van der Waals surface area contributed by atoms with Crippen LogP contribution in [0.25, 0.3) is 0 Å². The molecule has 0 bridgehead atoms. The zero-order valence-electron chi connectivity index (χ0n) is 22.2.